The number of amides is 1. The topological polar surface area (TPSA) is 72.8 Å². The molecule has 1 amide bonds. The van der Waals surface area contributed by atoms with Crippen LogP contribution in [-0.2, 0) is 13.0 Å². The Morgan fingerprint density at radius 2 is 1.68 bits per heavy atom. The van der Waals surface area contributed by atoms with Crippen molar-refractivity contribution in [3.63, 3.8) is 0 Å². The number of hydrogen-bond donors (Lipinski definition) is 3. The van der Waals surface area contributed by atoms with Gasteiger partial charge in [-0.05, 0) is 35.2 Å². The molecule has 0 fully saturated rings. The summed E-state index contributed by atoms with van der Waals surface area (Å²) < 4.78 is 0. The van der Waals surface area contributed by atoms with Crippen molar-refractivity contribution in [3.8, 4) is 10.4 Å². The van der Waals surface area contributed by atoms with Gasteiger partial charge in [0.1, 0.15) is 0 Å². The van der Waals surface area contributed by atoms with E-state index in [0.717, 1.165) is 30.0 Å². The van der Waals surface area contributed by atoms with Crippen LogP contribution in [0.15, 0.2) is 66.7 Å². The van der Waals surface area contributed by atoms with Gasteiger partial charge in [0.25, 0.3) is 5.91 Å². The highest BCUT2D eigenvalue weighted by Crippen LogP contribution is 2.28. The van der Waals surface area contributed by atoms with E-state index in [1.165, 1.54) is 22.5 Å². The molecule has 3 N–H and O–H groups in total. The van der Waals surface area contributed by atoms with Crippen molar-refractivity contribution in [1.82, 2.24) is 10.4 Å². The number of hydrogen-bond acceptors (Lipinski definition) is 5. The van der Waals surface area contributed by atoms with Crippen molar-refractivity contribution in [2.24, 2.45) is 0 Å². The highest BCUT2D eigenvalue weighted by Gasteiger charge is 2.10. The molecule has 28 heavy (non-hydrogen) atoms. The second-order valence-corrected chi connectivity index (χ2v) is 7.62. The zero-order valence-electron chi connectivity index (χ0n) is 15.5. The van der Waals surface area contributed by atoms with E-state index >= 15 is 0 Å². The second kappa shape index (κ2) is 10.1. The fourth-order valence-corrected chi connectivity index (χ4v) is 3.95. The Hall–Kier alpha value is -2.51. The fraction of sp³-hybridized carbons (Fsp3) is 0.227. The molecule has 2 aromatic carbocycles. The SMILES string of the molecule is O=C(NO)c1ccc(-c2ccc(CN(CCO)CCc3ccccc3)cc2)s1. The van der Waals surface area contributed by atoms with Gasteiger partial charge in [0.2, 0.25) is 0 Å². The van der Waals surface area contributed by atoms with Gasteiger partial charge in [0.15, 0.2) is 0 Å². The third kappa shape index (κ3) is 5.50. The molecule has 0 saturated carbocycles. The number of rotatable bonds is 9. The maximum Gasteiger partial charge on any atom is 0.284 e. The van der Waals surface area contributed by atoms with E-state index in [1.807, 2.05) is 36.4 Å². The first kappa shape index (κ1) is 20.2. The molecule has 6 heteroatoms. The molecule has 1 aromatic heterocycles. The molecule has 3 rings (SSSR count). The Labute approximate surface area is 168 Å². The highest BCUT2D eigenvalue weighted by atomic mass is 32.1. The summed E-state index contributed by atoms with van der Waals surface area (Å²) in [7, 11) is 0. The van der Waals surface area contributed by atoms with Crippen LogP contribution in [-0.4, -0.2) is 40.8 Å². The second-order valence-electron chi connectivity index (χ2n) is 6.54. The molecule has 0 unspecified atom stereocenters. The predicted molar refractivity (Wildman–Crippen MR) is 112 cm³/mol. The maximum absolute atomic E-state index is 11.5. The Kier molecular flexibility index (Phi) is 7.33. The smallest absolute Gasteiger partial charge is 0.284 e. The zero-order valence-corrected chi connectivity index (χ0v) is 16.4. The molecule has 0 saturated heterocycles. The van der Waals surface area contributed by atoms with E-state index in [1.54, 1.807) is 11.5 Å². The van der Waals surface area contributed by atoms with Gasteiger partial charge < -0.3 is 5.11 Å². The van der Waals surface area contributed by atoms with Crippen molar-refractivity contribution >= 4 is 17.2 Å². The van der Waals surface area contributed by atoms with Crippen LogP contribution < -0.4 is 5.48 Å². The minimum absolute atomic E-state index is 0.137. The van der Waals surface area contributed by atoms with Gasteiger partial charge in [0.05, 0.1) is 11.5 Å². The van der Waals surface area contributed by atoms with Gasteiger partial charge in [-0.3, -0.25) is 14.9 Å². The van der Waals surface area contributed by atoms with Gasteiger partial charge in [-0.25, -0.2) is 5.48 Å². The van der Waals surface area contributed by atoms with Crippen molar-refractivity contribution in [3.05, 3.63) is 82.7 Å². The first-order valence-corrected chi connectivity index (χ1v) is 10.0. The Balaban J connectivity index is 1.62. The number of nitrogens with zero attached hydrogens (tertiary/aromatic N) is 1. The molecule has 3 aromatic rings. The lowest BCUT2D eigenvalue weighted by Gasteiger charge is -2.21. The van der Waals surface area contributed by atoms with Crippen molar-refractivity contribution in [2.75, 3.05) is 19.7 Å². The third-order valence-corrected chi connectivity index (χ3v) is 5.68. The molecule has 0 aliphatic rings. The Morgan fingerprint density at radius 3 is 2.36 bits per heavy atom. The van der Waals surface area contributed by atoms with Crippen molar-refractivity contribution in [1.29, 1.82) is 0 Å². The van der Waals surface area contributed by atoms with Crippen LogP contribution in [0.3, 0.4) is 0 Å². The number of carbonyl (C=O) groups excluding carboxylic acids is 1. The summed E-state index contributed by atoms with van der Waals surface area (Å²) in [6, 6.07) is 22.2. The summed E-state index contributed by atoms with van der Waals surface area (Å²) in [6.07, 6.45) is 0.948. The number of benzene rings is 2. The standard InChI is InChI=1S/C22H24N2O3S/c25-15-14-24(13-12-17-4-2-1-3-5-17)16-18-6-8-19(9-7-18)20-10-11-21(28-20)22(26)23-27/h1-11,25,27H,12-16H2,(H,23,26). The molecule has 0 radical (unpaired) electrons. The van der Waals surface area contributed by atoms with Crippen molar-refractivity contribution in [2.45, 2.75) is 13.0 Å². The van der Waals surface area contributed by atoms with Crippen LogP contribution in [0.25, 0.3) is 10.4 Å². The average molecular weight is 397 g/mol. The summed E-state index contributed by atoms with van der Waals surface area (Å²) >= 11 is 1.34. The van der Waals surface area contributed by atoms with Crippen LogP contribution in [0.5, 0.6) is 0 Å². The van der Waals surface area contributed by atoms with Crippen LogP contribution in [0.4, 0.5) is 0 Å². The van der Waals surface area contributed by atoms with Gasteiger partial charge in [0, 0.05) is 24.5 Å². The summed E-state index contributed by atoms with van der Waals surface area (Å²) in [5, 5.41) is 18.1. The summed E-state index contributed by atoms with van der Waals surface area (Å²) in [6.45, 7) is 2.43. The van der Waals surface area contributed by atoms with E-state index in [9.17, 15) is 9.90 Å². The lowest BCUT2D eigenvalue weighted by atomic mass is 10.1. The van der Waals surface area contributed by atoms with Crippen LogP contribution >= 0.6 is 11.3 Å². The van der Waals surface area contributed by atoms with Gasteiger partial charge in [-0.1, -0.05) is 54.6 Å². The average Bonchev–Trinajstić information content (AvgIpc) is 3.23. The lowest BCUT2D eigenvalue weighted by molar-refractivity contribution is 0.0711. The number of hydroxylamine groups is 1. The van der Waals surface area contributed by atoms with Gasteiger partial charge in [-0.2, -0.15) is 0 Å². The number of nitrogens with one attached hydrogen (secondary N) is 1. The number of aliphatic hydroxyl groups is 1. The molecule has 0 aliphatic heterocycles. The van der Waals surface area contributed by atoms with Crippen LogP contribution in [0.1, 0.15) is 20.8 Å². The minimum atomic E-state index is -0.495. The molecule has 146 valence electrons. The molecule has 5 nitrogen and oxygen atoms in total. The first-order valence-electron chi connectivity index (χ1n) is 9.20. The number of carbonyl (C=O) groups is 1. The molecule has 0 spiro atoms. The first-order chi connectivity index (χ1) is 13.7. The van der Waals surface area contributed by atoms with Crippen LogP contribution in [0, 0.1) is 0 Å². The maximum atomic E-state index is 11.5. The number of thiophene rings is 1. The number of aliphatic hydroxyl groups excluding tert-OH is 1. The fourth-order valence-electron chi connectivity index (χ4n) is 3.05. The van der Waals surface area contributed by atoms with E-state index in [0.29, 0.717) is 11.4 Å². The molecule has 1 heterocycles. The van der Waals surface area contributed by atoms with Crippen molar-refractivity contribution < 1.29 is 15.1 Å². The summed E-state index contributed by atoms with van der Waals surface area (Å²) in [4.78, 5) is 15.2. The van der Waals surface area contributed by atoms with E-state index in [4.69, 9.17) is 5.21 Å². The van der Waals surface area contributed by atoms with Gasteiger partial charge in [-0.15, -0.1) is 11.3 Å². The molecular formula is C22H24N2O3S. The zero-order chi connectivity index (χ0) is 19.8. The molecular weight excluding hydrogens is 372 g/mol. The normalized spacial score (nSPS) is 11.0. The van der Waals surface area contributed by atoms with E-state index < -0.39 is 5.91 Å². The largest absolute Gasteiger partial charge is 0.395 e. The quantitative estimate of drug-likeness (QED) is 0.382. The molecule has 0 aliphatic carbocycles. The monoisotopic (exact) mass is 396 g/mol. The van der Waals surface area contributed by atoms with Gasteiger partial charge >= 0.3 is 0 Å². The predicted octanol–water partition coefficient (Wildman–Crippen LogP) is 3.57. The molecule has 0 bridgehead atoms. The summed E-state index contributed by atoms with van der Waals surface area (Å²) in [5.41, 5.74) is 5.16. The van der Waals surface area contributed by atoms with Crippen LogP contribution in [0.2, 0.25) is 0 Å². The Bertz CT molecular complexity index is 878. The Morgan fingerprint density at radius 1 is 0.929 bits per heavy atom. The lowest BCUT2D eigenvalue weighted by Crippen LogP contribution is -2.28. The highest BCUT2D eigenvalue weighted by molar-refractivity contribution is 7.17. The van der Waals surface area contributed by atoms with E-state index in [2.05, 4.69) is 29.2 Å². The summed E-state index contributed by atoms with van der Waals surface area (Å²) in [5.74, 6) is -0.495. The minimum Gasteiger partial charge on any atom is -0.395 e. The molecule has 0 atom stereocenters. The third-order valence-electron chi connectivity index (χ3n) is 4.55. The van der Waals surface area contributed by atoms with E-state index in [-0.39, 0.29) is 6.61 Å².